The van der Waals surface area contributed by atoms with Gasteiger partial charge in [0.1, 0.15) is 5.82 Å². The van der Waals surface area contributed by atoms with Crippen LogP contribution in [0.3, 0.4) is 0 Å². The van der Waals surface area contributed by atoms with E-state index in [4.69, 9.17) is 4.74 Å². The summed E-state index contributed by atoms with van der Waals surface area (Å²) in [7, 11) is 0. The second-order valence-electron chi connectivity index (χ2n) is 5.79. The van der Waals surface area contributed by atoms with E-state index in [-0.39, 0.29) is 11.8 Å². The lowest BCUT2D eigenvalue weighted by Gasteiger charge is -2.10. The van der Waals surface area contributed by atoms with Crippen molar-refractivity contribution in [1.29, 1.82) is 0 Å². The molecular weight excluding hydrogens is 333 g/mol. The van der Waals surface area contributed by atoms with Crippen LogP contribution in [0.1, 0.15) is 19.8 Å². The molecule has 0 saturated carbocycles. The van der Waals surface area contributed by atoms with Gasteiger partial charge in [-0.25, -0.2) is 9.37 Å². The van der Waals surface area contributed by atoms with Gasteiger partial charge in [0.05, 0.1) is 24.3 Å². The Labute approximate surface area is 151 Å². The minimum atomic E-state index is -0.284. The van der Waals surface area contributed by atoms with Gasteiger partial charge in [-0.1, -0.05) is 0 Å². The molecule has 0 radical (unpaired) electrons. The molecule has 0 unspecified atom stereocenters. The van der Waals surface area contributed by atoms with Crippen molar-refractivity contribution in [3.63, 3.8) is 0 Å². The maximum atomic E-state index is 13.3. The lowest BCUT2D eigenvalue weighted by Crippen LogP contribution is -2.06. The summed E-state index contributed by atoms with van der Waals surface area (Å²) in [6, 6.07) is 10.1. The predicted molar refractivity (Wildman–Crippen MR) is 96.7 cm³/mol. The zero-order valence-electron chi connectivity index (χ0n) is 14.6. The number of carbonyl (C=O) groups is 1. The summed E-state index contributed by atoms with van der Waals surface area (Å²) >= 11 is 0. The number of pyridine rings is 1. The molecule has 0 saturated heterocycles. The molecule has 3 rings (SSSR count). The number of hydrogen-bond donors (Lipinski definition) is 0. The molecule has 0 spiro atoms. The van der Waals surface area contributed by atoms with Crippen LogP contribution < -0.4 is 0 Å². The van der Waals surface area contributed by atoms with Crippen molar-refractivity contribution in [3.8, 4) is 22.5 Å². The van der Waals surface area contributed by atoms with Gasteiger partial charge in [0.15, 0.2) is 0 Å². The van der Waals surface area contributed by atoms with E-state index in [9.17, 15) is 9.18 Å². The van der Waals surface area contributed by atoms with Gasteiger partial charge in [-0.05, 0) is 49.7 Å². The topological polar surface area (TPSA) is 57.0 Å². The first-order chi connectivity index (χ1) is 12.7. The van der Waals surface area contributed by atoms with Gasteiger partial charge in [0.2, 0.25) is 0 Å². The van der Waals surface area contributed by atoms with Gasteiger partial charge in [-0.15, -0.1) is 0 Å². The number of benzene rings is 1. The van der Waals surface area contributed by atoms with Crippen LogP contribution in [0.15, 0.2) is 55.1 Å². The van der Waals surface area contributed by atoms with Crippen molar-refractivity contribution in [3.05, 3.63) is 60.9 Å². The molecule has 0 aliphatic rings. The Morgan fingerprint density at radius 3 is 2.54 bits per heavy atom. The maximum absolute atomic E-state index is 13.3. The average molecular weight is 353 g/mol. The largest absolute Gasteiger partial charge is 0.466 e. The summed E-state index contributed by atoms with van der Waals surface area (Å²) in [6.07, 6.45) is 6.20. The highest BCUT2D eigenvalue weighted by molar-refractivity contribution is 5.78. The summed E-state index contributed by atoms with van der Waals surface area (Å²) in [4.78, 5) is 20.2. The Kier molecular flexibility index (Phi) is 5.73. The van der Waals surface area contributed by atoms with E-state index in [1.165, 1.54) is 12.1 Å². The van der Waals surface area contributed by atoms with Gasteiger partial charge in [-0.2, -0.15) is 0 Å². The summed E-state index contributed by atoms with van der Waals surface area (Å²) in [6.45, 7) is 2.82. The number of nitrogens with zero attached hydrogens (tertiary/aromatic N) is 3. The third kappa shape index (κ3) is 4.14. The first kappa shape index (κ1) is 17.8. The second kappa shape index (κ2) is 8.38. The third-order valence-electron chi connectivity index (χ3n) is 3.99. The fourth-order valence-electron chi connectivity index (χ4n) is 2.81. The van der Waals surface area contributed by atoms with E-state index in [0.29, 0.717) is 26.0 Å². The van der Waals surface area contributed by atoms with Crippen LogP contribution in [0, 0.1) is 5.82 Å². The number of aryl methyl sites for hydroxylation is 1. The quantitative estimate of drug-likeness (QED) is 0.600. The number of carbonyl (C=O) groups excluding carboxylic acids is 1. The van der Waals surface area contributed by atoms with Crippen LogP contribution >= 0.6 is 0 Å². The Bertz CT molecular complexity index is 861. The van der Waals surface area contributed by atoms with Crippen molar-refractivity contribution >= 4 is 5.97 Å². The minimum Gasteiger partial charge on any atom is -0.466 e. The predicted octanol–water partition coefficient (Wildman–Crippen LogP) is 4.09. The first-order valence-corrected chi connectivity index (χ1v) is 8.56. The molecule has 2 aromatic heterocycles. The second-order valence-corrected chi connectivity index (χ2v) is 5.79. The molecule has 0 aliphatic carbocycles. The van der Waals surface area contributed by atoms with E-state index in [0.717, 1.165) is 22.5 Å². The van der Waals surface area contributed by atoms with Gasteiger partial charge in [0, 0.05) is 36.5 Å². The van der Waals surface area contributed by atoms with Crippen molar-refractivity contribution in [2.45, 2.75) is 26.3 Å². The number of ether oxygens (including phenoxy) is 1. The molecule has 0 fully saturated rings. The van der Waals surface area contributed by atoms with Crippen molar-refractivity contribution in [1.82, 2.24) is 14.5 Å². The molecule has 134 valence electrons. The number of rotatable bonds is 7. The molecule has 2 heterocycles. The Hall–Kier alpha value is -3.02. The summed E-state index contributed by atoms with van der Waals surface area (Å²) < 4.78 is 20.2. The van der Waals surface area contributed by atoms with Crippen LogP contribution in [0.5, 0.6) is 0 Å². The number of halogens is 1. The molecule has 0 N–H and O–H groups in total. The number of aromatic nitrogens is 3. The summed E-state index contributed by atoms with van der Waals surface area (Å²) in [5, 5.41) is 0. The van der Waals surface area contributed by atoms with E-state index < -0.39 is 0 Å². The monoisotopic (exact) mass is 353 g/mol. The highest BCUT2D eigenvalue weighted by atomic mass is 19.1. The van der Waals surface area contributed by atoms with Crippen LogP contribution in [0.2, 0.25) is 0 Å². The SMILES string of the molecule is CCOC(=O)CCCn1cnc(-c2ccc(F)cc2)c1-c1ccncc1. The van der Waals surface area contributed by atoms with Crippen molar-refractivity contribution in [2.24, 2.45) is 0 Å². The van der Waals surface area contributed by atoms with Gasteiger partial charge in [0.25, 0.3) is 0 Å². The Morgan fingerprint density at radius 2 is 1.85 bits per heavy atom. The van der Waals surface area contributed by atoms with E-state index >= 15 is 0 Å². The third-order valence-corrected chi connectivity index (χ3v) is 3.99. The molecule has 0 atom stereocenters. The zero-order chi connectivity index (χ0) is 18.4. The fraction of sp³-hybridized carbons (Fsp3) is 0.250. The lowest BCUT2D eigenvalue weighted by atomic mass is 10.1. The van der Waals surface area contributed by atoms with Crippen LogP contribution in [0.4, 0.5) is 4.39 Å². The highest BCUT2D eigenvalue weighted by Crippen LogP contribution is 2.31. The minimum absolute atomic E-state index is 0.197. The molecule has 0 aliphatic heterocycles. The molecule has 0 bridgehead atoms. The maximum Gasteiger partial charge on any atom is 0.305 e. The van der Waals surface area contributed by atoms with E-state index in [1.54, 1.807) is 37.8 Å². The van der Waals surface area contributed by atoms with Gasteiger partial charge >= 0.3 is 5.97 Å². The number of esters is 1. The zero-order valence-corrected chi connectivity index (χ0v) is 14.6. The standard InChI is InChI=1S/C20H20FN3O2/c1-2-26-18(25)4-3-13-24-14-23-19(15-5-7-17(21)8-6-15)20(24)16-9-11-22-12-10-16/h5-12,14H,2-4,13H2,1H3. The first-order valence-electron chi connectivity index (χ1n) is 8.56. The summed E-state index contributed by atoms with van der Waals surface area (Å²) in [5.74, 6) is -0.482. The Morgan fingerprint density at radius 1 is 1.12 bits per heavy atom. The average Bonchev–Trinajstić information content (AvgIpc) is 3.07. The molecule has 5 nitrogen and oxygen atoms in total. The fourth-order valence-corrected chi connectivity index (χ4v) is 2.81. The highest BCUT2D eigenvalue weighted by Gasteiger charge is 2.15. The number of hydrogen-bond acceptors (Lipinski definition) is 4. The molecule has 26 heavy (non-hydrogen) atoms. The summed E-state index contributed by atoms with van der Waals surface area (Å²) in [5.41, 5.74) is 3.49. The smallest absolute Gasteiger partial charge is 0.305 e. The lowest BCUT2D eigenvalue weighted by molar-refractivity contribution is -0.143. The van der Waals surface area contributed by atoms with Crippen molar-refractivity contribution < 1.29 is 13.9 Å². The van der Waals surface area contributed by atoms with E-state index in [1.807, 2.05) is 16.7 Å². The molecule has 0 amide bonds. The normalized spacial score (nSPS) is 10.7. The van der Waals surface area contributed by atoms with Crippen LogP contribution in [-0.4, -0.2) is 27.1 Å². The van der Waals surface area contributed by atoms with Crippen molar-refractivity contribution in [2.75, 3.05) is 6.61 Å². The Balaban J connectivity index is 1.90. The van der Waals surface area contributed by atoms with Gasteiger partial charge in [-0.3, -0.25) is 9.78 Å². The van der Waals surface area contributed by atoms with Gasteiger partial charge < -0.3 is 9.30 Å². The number of imidazole rings is 1. The van der Waals surface area contributed by atoms with E-state index in [2.05, 4.69) is 9.97 Å². The molecule has 1 aromatic carbocycles. The van der Waals surface area contributed by atoms with Crippen LogP contribution in [-0.2, 0) is 16.1 Å². The van der Waals surface area contributed by atoms with Crippen LogP contribution in [0.25, 0.3) is 22.5 Å². The molecule has 3 aromatic rings. The molecular formula is C20H20FN3O2. The molecule has 6 heteroatoms.